The van der Waals surface area contributed by atoms with Crippen LogP contribution in [0.25, 0.3) is 0 Å². The van der Waals surface area contributed by atoms with Crippen LogP contribution in [-0.4, -0.2) is 43.9 Å². The zero-order valence-corrected chi connectivity index (χ0v) is 20.2. The predicted octanol–water partition coefficient (Wildman–Crippen LogP) is 4.99. The Morgan fingerprint density at radius 3 is 2.32 bits per heavy atom. The molecule has 1 aliphatic rings. The Labute approximate surface area is 206 Å². The zero-order chi connectivity index (χ0) is 25.3. The number of hydrogen-bond acceptors (Lipinski definition) is 7. The number of benzene rings is 1. The molecule has 34 heavy (non-hydrogen) atoms. The van der Waals surface area contributed by atoms with E-state index in [1.165, 1.54) is 12.1 Å². The summed E-state index contributed by atoms with van der Waals surface area (Å²) in [6.45, 7) is 0. The average molecular weight is 539 g/mol. The van der Waals surface area contributed by atoms with E-state index >= 15 is 0 Å². The van der Waals surface area contributed by atoms with Crippen LogP contribution >= 0.6 is 34.5 Å². The summed E-state index contributed by atoms with van der Waals surface area (Å²) in [6.07, 6.45) is -2.86. The van der Waals surface area contributed by atoms with Crippen LogP contribution in [0.2, 0.25) is 10.0 Å². The summed E-state index contributed by atoms with van der Waals surface area (Å²) in [5.74, 6) is -4.03. The van der Waals surface area contributed by atoms with Crippen LogP contribution in [0.15, 0.2) is 18.2 Å². The highest BCUT2D eigenvalue weighted by Gasteiger charge is 2.64. The summed E-state index contributed by atoms with van der Waals surface area (Å²) in [7, 11) is 1.84. The van der Waals surface area contributed by atoms with Crippen molar-refractivity contribution in [1.82, 2.24) is 5.32 Å². The molecule has 1 aromatic heterocycles. The molecular weight excluding hydrogens is 520 g/mol. The van der Waals surface area contributed by atoms with Crippen molar-refractivity contribution >= 4 is 57.4 Å². The van der Waals surface area contributed by atoms with Gasteiger partial charge >= 0.3 is 23.8 Å². The van der Waals surface area contributed by atoms with Gasteiger partial charge in [0.25, 0.3) is 5.91 Å². The molecule has 0 aliphatic heterocycles. The third-order valence-electron chi connectivity index (χ3n) is 5.26. The van der Waals surface area contributed by atoms with E-state index in [1.807, 2.05) is 0 Å². The van der Waals surface area contributed by atoms with Gasteiger partial charge < -0.3 is 20.1 Å². The molecule has 1 amide bonds. The van der Waals surface area contributed by atoms with E-state index in [0.29, 0.717) is 23.3 Å². The topological polar surface area (TPSA) is 93.7 Å². The average Bonchev–Trinajstić information content (AvgIpc) is 3.14. The number of methoxy groups -OCH3 is 2. The first kappa shape index (κ1) is 26.1. The number of rotatable bonds is 6. The number of alkyl halides is 3. The molecule has 7 nitrogen and oxygen atoms in total. The van der Waals surface area contributed by atoms with Crippen molar-refractivity contribution in [2.24, 2.45) is 0 Å². The Kier molecular flexibility index (Phi) is 7.69. The Morgan fingerprint density at radius 2 is 1.74 bits per heavy atom. The number of carbonyl (C=O) groups is 3. The molecule has 0 bridgehead atoms. The molecule has 0 saturated carbocycles. The lowest BCUT2D eigenvalue weighted by atomic mass is 9.95. The Hall–Kier alpha value is -2.50. The molecule has 2 aromatic rings. The van der Waals surface area contributed by atoms with Gasteiger partial charge in [0.1, 0.15) is 5.00 Å². The third kappa shape index (κ3) is 4.82. The van der Waals surface area contributed by atoms with Gasteiger partial charge in [-0.1, -0.05) is 23.2 Å². The quantitative estimate of drug-likeness (QED) is 0.397. The SMILES string of the molecule is COC(=O)c1c(NC(NC(=O)c2ccc(Cl)cc2Cl)(C(=O)OC)C(F)(F)F)sc2c1CCCC2. The van der Waals surface area contributed by atoms with Gasteiger partial charge in [0.05, 0.1) is 30.4 Å². The van der Waals surface area contributed by atoms with Gasteiger partial charge in [0, 0.05) is 9.90 Å². The normalized spacial score (nSPS) is 15.0. The number of amides is 1. The maximum absolute atomic E-state index is 14.5. The number of hydrogen-bond donors (Lipinski definition) is 2. The first-order valence-corrected chi connectivity index (χ1v) is 11.5. The largest absolute Gasteiger partial charge is 0.466 e. The van der Waals surface area contributed by atoms with Crippen LogP contribution in [0.4, 0.5) is 18.2 Å². The molecule has 0 saturated heterocycles. The summed E-state index contributed by atoms with van der Waals surface area (Å²) in [5.41, 5.74) is -3.65. The van der Waals surface area contributed by atoms with Gasteiger partial charge in [0.2, 0.25) is 0 Å². The van der Waals surface area contributed by atoms with Crippen molar-refractivity contribution in [3.8, 4) is 0 Å². The molecule has 0 radical (unpaired) electrons. The number of esters is 2. The minimum Gasteiger partial charge on any atom is -0.466 e. The fraction of sp³-hybridized carbons (Fsp3) is 0.381. The molecule has 0 spiro atoms. The minimum absolute atomic E-state index is 0.112. The molecule has 2 N–H and O–H groups in total. The van der Waals surface area contributed by atoms with Crippen LogP contribution in [0.5, 0.6) is 0 Å². The summed E-state index contributed by atoms with van der Waals surface area (Å²) < 4.78 is 52.7. The molecule has 0 fully saturated rings. The predicted molar refractivity (Wildman–Crippen MR) is 121 cm³/mol. The highest BCUT2D eigenvalue weighted by molar-refractivity contribution is 7.16. The van der Waals surface area contributed by atoms with E-state index in [1.54, 1.807) is 5.32 Å². The summed E-state index contributed by atoms with van der Waals surface area (Å²) in [4.78, 5) is 38.6. The van der Waals surface area contributed by atoms with Gasteiger partial charge in [-0.05, 0) is 49.4 Å². The van der Waals surface area contributed by atoms with E-state index in [-0.39, 0.29) is 26.2 Å². The van der Waals surface area contributed by atoms with E-state index < -0.39 is 29.7 Å². The lowest BCUT2D eigenvalue weighted by Crippen LogP contribution is -2.69. The number of carbonyl (C=O) groups excluding carboxylic acids is 3. The molecule has 1 unspecified atom stereocenters. The van der Waals surface area contributed by atoms with Gasteiger partial charge in [-0.2, -0.15) is 13.2 Å². The Morgan fingerprint density at radius 1 is 1.06 bits per heavy atom. The summed E-state index contributed by atoms with van der Waals surface area (Å²) >= 11 is 12.7. The second-order valence-corrected chi connectivity index (χ2v) is 9.30. The first-order chi connectivity index (χ1) is 15.9. The highest BCUT2D eigenvalue weighted by atomic mass is 35.5. The van der Waals surface area contributed by atoms with Crippen molar-refractivity contribution in [3.05, 3.63) is 49.8 Å². The lowest BCUT2D eigenvalue weighted by molar-refractivity contribution is -0.203. The molecule has 1 heterocycles. The van der Waals surface area contributed by atoms with E-state index in [2.05, 4.69) is 10.1 Å². The number of anilines is 1. The number of ether oxygens (including phenoxy) is 2. The zero-order valence-electron chi connectivity index (χ0n) is 17.9. The smallest absolute Gasteiger partial charge is 0.441 e. The van der Waals surface area contributed by atoms with Gasteiger partial charge in [-0.15, -0.1) is 11.3 Å². The number of aryl methyl sites for hydroxylation is 1. The monoisotopic (exact) mass is 538 g/mol. The molecule has 1 atom stereocenters. The van der Waals surface area contributed by atoms with Crippen molar-refractivity contribution in [3.63, 3.8) is 0 Å². The van der Waals surface area contributed by atoms with Crippen molar-refractivity contribution in [1.29, 1.82) is 0 Å². The minimum atomic E-state index is -5.40. The highest BCUT2D eigenvalue weighted by Crippen LogP contribution is 2.42. The van der Waals surface area contributed by atoms with Crippen LogP contribution in [-0.2, 0) is 27.1 Å². The van der Waals surface area contributed by atoms with E-state index in [4.69, 9.17) is 27.9 Å². The van der Waals surface area contributed by atoms with Crippen molar-refractivity contribution in [2.75, 3.05) is 19.5 Å². The third-order valence-corrected chi connectivity index (χ3v) is 7.01. The van der Waals surface area contributed by atoms with E-state index in [0.717, 1.165) is 44.5 Å². The molecule has 3 rings (SSSR count). The number of thiophene rings is 1. The standard InChI is InChI=1S/C21H19Cl2F3N2O5S/c1-32-18(30)15-12-5-3-4-6-14(12)34-17(15)28-20(19(31)33-2,21(24,25)26)27-16(29)11-8-7-10(22)9-13(11)23/h7-9,28H,3-6H2,1-2H3,(H,27,29). The second-order valence-electron chi connectivity index (χ2n) is 7.35. The van der Waals surface area contributed by atoms with Crippen molar-refractivity contribution in [2.45, 2.75) is 37.5 Å². The van der Waals surface area contributed by atoms with Crippen LogP contribution in [0, 0.1) is 0 Å². The Balaban J connectivity index is 2.14. The second kappa shape index (κ2) is 10.0. The van der Waals surface area contributed by atoms with Gasteiger partial charge in [0.15, 0.2) is 0 Å². The van der Waals surface area contributed by atoms with Gasteiger partial charge in [-0.25, -0.2) is 9.59 Å². The summed E-state index contributed by atoms with van der Waals surface area (Å²) in [5, 5.41) is 3.41. The number of nitrogens with one attached hydrogen (secondary N) is 2. The van der Waals surface area contributed by atoms with Crippen LogP contribution in [0.3, 0.4) is 0 Å². The van der Waals surface area contributed by atoms with E-state index in [9.17, 15) is 27.6 Å². The molecule has 184 valence electrons. The fourth-order valence-electron chi connectivity index (χ4n) is 3.60. The fourth-order valence-corrected chi connectivity index (χ4v) is 5.42. The summed E-state index contributed by atoms with van der Waals surface area (Å²) in [6, 6.07) is 3.54. The molecule has 1 aliphatic carbocycles. The number of halogens is 5. The first-order valence-electron chi connectivity index (χ1n) is 9.89. The van der Waals surface area contributed by atoms with Crippen LogP contribution in [0.1, 0.15) is 44.0 Å². The van der Waals surface area contributed by atoms with Gasteiger partial charge in [-0.3, -0.25) is 4.79 Å². The van der Waals surface area contributed by atoms with Crippen molar-refractivity contribution < 1.29 is 37.0 Å². The Bertz CT molecular complexity index is 1140. The molecule has 1 aromatic carbocycles. The molecule has 13 heteroatoms. The lowest BCUT2D eigenvalue weighted by Gasteiger charge is -2.34. The maximum Gasteiger partial charge on any atom is 0.441 e. The van der Waals surface area contributed by atoms with Crippen LogP contribution < -0.4 is 10.6 Å². The number of fused-ring (bicyclic) bond motifs is 1. The maximum atomic E-state index is 14.5. The molecular formula is C21H19Cl2F3N2O5S.